The third-order valence-electron chi connectivity index (χ3n) is 1.71. The highest BCUT2D eigenvalue weighted by atomic mass is 79.9. The second-order valence-electron chi connectivity index (χ2n) is 2.51. The van der Waals surface area contributed by atoms with E-state index in [0.717, 1.165) is 4.47 Å². The number of nitrogens with zero attached hydrogens (tertiary/aromatic N) is 2. The number of nitrogens with one attached hydrogen (secondary N) is 1. The highest BCUT2D eigenvalue weighted by molar-refractivity contribution is 9.10. The Morgan fingerprint density at radius 2 is 2.38 bits per heavy atom. The first-order chi connectivity index (χ1) is 6.22. The Kier molecular flexibility index (Phi) is 1.71. The lowest BCUT2D eigenvalue weighted by Crippen LogP contribution is -2.04. The summed E-state index contributed by atoms with van der Waals surface area (Å²) in [6.45, 7) is 6.75. The third kappa shape index (κ3) is 1.15. The van der Waals surface area contributed by atoms with Crippen LogP contribution in [0.4, 0.5) is 5.69 Å². The number of fused-ring (bicyclic) bond motifs is 1. The molecule has 2 aromatic rings. The molecule has 2 aromatic heterocycles. The summed E-state index contributed by atoms with van der Waals surface area (Å²) < 4.78 is 2.38. The number of hydrogen-bond donors (Lipinski definition) is 1. The molecule has 64 valence electrons. The zero-order chi connectivity index (χ0) is 9.42. The van der Waals surface area contributed by atoms with Crippen molar-refractivity contribution in [3.05, 3.63) is 44.6 Å². The second-order valence-corrected chi connectivity index (χ2v) is 3.43. The number of aromatic amines is 1. The van der Waals surface area contributed by atoms with Crippen LogP contribution in [0.1, 0.15) is 0 Å². The molecule has 0 aliphatic rings. The van der Waals surface area contributed by atoms with E-state index in [1.165, 1.54) is 6.20 Å². The van der Waals surface area contributed by atoms with E-state index in [0.29, 0.717) is 5.52 Å². The second kappa shape index (κ2) is 2.75. The van der Waals surface area contributed by atoms with Gasteiger partial charge in [0, 0.05) is 16.9 Å². The van der Waals surface area contributed by atoms with Crippen LogP contribution in [0.25, 0.3) is 10.4 Å². The van der Waals surface area contributed by atoms with Gasteiger partial charge in [0.05, 0.1) is 12.1 Å². The molecule has 0 saturated carbocycles. The van der Waals surface area contributed by atoms with Gasteiger partial charge in [0.2, 0.25) is 5.43 Å². The van der Waals surface area contributed by atoms with Gasteiger partial charge < -0.3 is 9.89 Å². The van der Waals surface area contributed by atoms with Crippen LogP contribution in [0.3, 0.4) is 0 Å². The number of halogens is 1. The fourth-order valence-electron chi connectivity index (χ4n) is 1.12. The summed E-state index contributed by atoms with van der Waals surface area (Å²) in [6.07, 6.45) is 3.12. The maximum atomic E-state index is 11.5. The maximum absolute atomic E-state index is 11.5. The highest BCUT2D eigenvalue weighted by Gasteiger charge is 2.05. The number of H-pyrrole nitrogens is 1. The third-order valence-corrected chi connectivity index (χ3v) is 2.15. The van der Waals surface area contributed by atoms with Crippen LogP contribution in [0, 0.1) is 6.57 Å². The minimum Gasteiger partial charge on any atom is -0.312 e. The molecule has 4 nitrogen and oxygen atoms in total. The molecular formula is C8H4BrN3O. The van der Waals surface area contributed by atoms with Gasteiger partial charge in [0.1, 0.15) is 0 Å². The summed E-state index contributed by atoms with van der Waals surface area (Å²) in [7, 11) is 0. The SMILES string of the molecule is [C-]#[N+]c1c[nH]n2cc(Br)cc2c1=O. The molecule has 2 rings (SSSR count). The molecule has 0 aliphatic carbocycles. The number of hydrogen-bond acceptors (Lipinski definition) is 1. The van der Waals surface area contributed by atoms with Crippen LogP contribution in [-0.2, 0) is 0 Å². The zero-order valence-corrected chi connectivity index (χ0v) is 8.00. The van der Waals surface area contributed by atoms with E-state index in [1.807, 2.05) is 0 Å². The van der Waals surface area contributed by atoms with Gasteiger partial charge >= 0.3 is 0 Å². The molecule has 0 amide bonds. The Hall–Kier alpha value is -1.54. The van der Waals surface area contributed by atoms with Crippen LogP contribution >= 0.6 is 15.9 Å². The first-order valence-corrected chi connectivity index (χ1v) is 4.28. The van der Waals surface area contributed by atoms with E-state index in [2.05, 4.69) is 25.9 Å². The van der Waals surface area contributed by atoms with Crippen molar-refractivity contribution in [1.82, 2.24) is 9.61 Å². The van der Waals surface area contributed by atoms with Crippen molar-refractivity contribution in [3.63, 3.8) is 0 Å². The Morgan fingerprint density at radius 3 is 3.08 bits per heavy atom. The van der Waals surface area contributed by atoms with E-state index >= 15 is 0 Å². The molecule has 0 bridgehead atoms. The lowest BCUT2D eigenvalue weighted by Gasteiger charge is -1.93. The molecule has 0 aliphatic heterocycles. The van der Waals surface area contributed by atoms with Gasteiger partial charge in [-0.3, -0.25) is 4.52 Å². The predicted octanol–water partition coefficient (Wildman–Crippen LogP) is 1.94. The topological polar surface area (TPSA) is 41.6 Å². The van der Waals surface area contributed by atoms with Gasteiger partial charge in [-0.05, 0) is 22.0 Å². The van der Waals surface area contributed by atoms with Gasteiger partial charge in [-0.2, -0.15) is 0 Å². The van der Waals surface area contributed by atoms with Crippen molar-refractivity contribution in [2.75, 3.05) is 0 Å². The maximum Gasteiger partial charge on any atom is 0.252 e. The fourth-order valence-corrected chi connectivity index (χ4v) is 1.54. The van der Waals surface area contributed by atoms with Gasteiger partial charge in [-0.1, -0.05) is 0 Å². The van der Waals surface area contributed by atoms with Crippen molar-refractivity contribution in [2.45, 2.75) is 0 Å². The van der Waals surface area contributed by atoms with Crippen LogP contribution in [0.2, 0.25) is 0 Å². The van der Waals surface area contributed by atoms with Crippen LogP contribution in [-0.4, -0.2) is 9.61 Å². The van der Waals surface area contributed by atoms with Crippen LogP contribution in [0.15, 0.2) is 27.7 Å². The Labute approximate surface area is 81.7 Å². The molecule has 0 spiro atoms. The lowest BCUT2D eigenvalue weighted by molar-refractivity contribution is 0.937. The van der Waals surface area contributed by atoms with E-state index in [-0.39, 0.29) is 11.1 Å². The van der Waals surface area contributed by atoms with Crippen LogP contribution < -0.4 is 5.43 Å². The van der Waals surface area contributed by atoms with E-state index in [1.54, 1.807) is 16.8 Å². The highest BCUT2D eigenvalue weighted by Crippen LogP contribution is 2.13. The standard InChI is InChI=1S/C8H4BrN3O/c1-10-6-3-11-12-4-5(9)2-7(12)8(6)13/h2-4,11H. The Balaban J connectivity index is 2.96. The fraction of sp³-hybridized carbons (Fsp3) is 0. The normalized spacial score (nSPS) is 10.2. The molecule has 0 aromatic carbocycles. The molecule has 0 fully saturated rings. The number of rotatable bonds is 0. The minimum atomic E-state index is -0.251. The predicted molar refractivity (Wildman–Crippen MR) is 52.0 cm³/mol. The molecule has 0 radical (unpaired) electrons. The average Bonchev–Trinajstić information content (AvgIpc) is 2.47. The molecule has 1 N–H and O–H groups in total. The molecule has 13 heavy (non-hydrogen) atoms. The Bertz CT molecular complexity index is 561. The quantitative estimate of drug-likeness (QED) is 0.700. The van der Waals surface area contributed by atoms with Crippen molar-refractivity contribution in [3.8, 4) is 0 Å². The van der Waals surface area contributed by atoms with E-state index < -0.39 is 0 Å². The summed E-state index contributed by atoms with van der Waals surface area (Å²) in [4.78, 5) is 14.6. The molecule has 0 atom stereocenters. The molecule has 5 heteroatoms. The van der Waals surface area contributed by atoms with Gasteiger partial charge in [0.25, 0.3) is 5.69 Å². The summed E-state index contributed by atoms with van der Waals surface area (Å²) >= 11 is 3.25. The van der Waals surface area contributed by atoms with Crippen molar-refractivity contribution >= 4 is 27.1 Å². The van der Waals surface area contributed by atoms with Crippen molar-refractivity contribution < 1.29 is 0 Å². The first-order valence-electron chi connectivity index (χ1n) is 3.49. The van der Waals surface area contributed by atoms with Crippen molar-refractivity contribution in [1.29, 1.82) is 0 Å². The average molecular weight is 238 g/mol. The molecule has 2 heterocycles. The molecule has 0 unspecified atom stereocenters. The van der Waals surface area contributed by atoms with Gasteiger partial charge in [-0.15, -0.1) is 0 Å². The summed E-state index contributed by atoms with van der Waals surface area (Å²) in [5.74, 6) is 0. The lowest BCUT2D eigenvalue weighted by atomic mass is 10.4. The largest absolute Gasteiger partial charge is 0.312 e. The summed E-state index contributed by atoms with van der Waals surface area (Å²) in [6, 6.07) is 1.67. The number of aromatic nitrogens is 2. The first kappa shape index (κ1) is 8.08. The zero-order valence-electron chi connectivity index (χ0n) is 6.41. The van der Waals surface area contributed by atoms with E-state index in [4.69, 9.17) is 6.57 Å². The summed E-state index contributed by atoms with van der Waals surface area (Å²) in [5.41, 5.74) is 0.331. The smallest absolute Gasteiger partial charge is 0.252 e. The summed E-state index contributed by atoms with van der Waals surface area (Å²) in [5, 5.41) is 2.80. The van der Waals surface area contributed by atoms with E-state index in [9.17, 15) is 4.79 Å². The van der Waals surface area contributed by atoms with Crippen molar-refractivity contribution in [2.24, 2.45) is 0 Å². The van der Waals surface area contributed by atoms with Gasteiger partial charge in [0.15, 0.2) is 0 Å². The monoisotopic (exact) mass is 237 g/mol. The molecular weight excluding hydrogens is 234 g/mol. The Morgan fingerprint density at radius 1 is 1.62 bits per heavy atom. The molecule has 0 saturated heterocycles. The van der Waals surface area contributed by atoms with Crippen LogP contribution in [0.5, 0.6) is 0 Å². The van der Waals surface area contributed by atoms with Gasteiger partial charge in [-0.25, -0.2) is 4.85 Å². The minimum absolute atomic E-state index is 0.109.